The first-order valence-corrected chi connectivity index (χ1v) is 6.84. The van der Waals surface area contributed by atoms with Crippen molar-refractivity contribution in [2.75, 3.05) is 19.7 Å². The van der Waals surface area contributed by atoms with E-state index in [0.717, 1.165) is 26.1 Å². The SMILES string of the molecule is NC1(C2CNCCO2)C=CC(c2ccccc2)=CC1. The maximum Gasteiger partial charge on any atom is 0.0918 e. The second-order valence-corrected chi connectivity index (χ2v) is 5.24. The molecule has 1 fully saturated rings. The number of rotatable bonds is 2. The van der Waals surface area contributed by atoms with Crippen molar-refractivity contribution < 1.29 is 4.74 Å². The lowest BCUT2D eigenvalue weighted by Gasteiger charge is -2.38. The summed E-state index contributed by atoms with van der Waals surface area (Å²) in [6.07, 6.45) is 7.32. The molecular formula is C16H20N2O. The van der Waals surface area contributed by atoms with Crippen molar-refractivity contribution in [3.05, 3.63) is 54.1 Å². The second-order valence-electron chi connectivity index (χ2n) is 5.24. The van der Waals surface area contributed by atoms with Crippen LogP contribution in [0, 0.1) is 0 Å². The molecule has 0 amide bonds. The molecule has 1 aliphatic carbocycles. The van der Waals surface area contributed by atoms with Gasteiger partial charge in [0.25, 0.3) is 0 Å². The lowest BCUT2D eigenvalue weighted by atomic mass is 9.83. The number of hydrogen-bond acceptors (Lipinski definition) is 3. The number of morpholine rings is 1. The van der Waals surface area contributed by atoms with Crippen LogP contribution in [0.5, 0.6) is 0 Å². The van der Waals surface area contributed by atoms with Gasteiger partial charge < -0.3 is 15.8 Å². The summed E-state index contributed by atoms with van der Waals surface area (Å²) in [7, 11) is 0. The van der Waals surface area contributed by atoms with Gasteiger partial charge in [0.05, 0.1) is 18.2 Å². The zero-order valence-electron chi connectivity index (χ0n) is 11.0. The monoisotopic (exact) mass is 256 g/mol. The summed E-state index contributed by atoms with van der Waals surface area (Å²) in [5.74, 6) is 0. The topological polar surface area (TPSA) is 47.3 Å². The van der Waals surface area contributed by atoms with Crippen molar-refractivity contribution in [3.63, 3.8) is 0 Å². The fourth-order valence-electron chi connectivity index (χ4n) is 2.66. The van der Waals surface area contributed by atoms with E-state index in [1.165, 1.54) is 11.1 Å². The number of hydrogen-bond donors (Lipinski definition) is 2. The molecule has 2 aliphatic rings. The molecule has 0 spiro atoms. The fourth-order valence-corrected chi connectivity index (χ4v) is 2.66. The van der Waals surface area contributed by atoms with Gasteiger partial charge in [-0.05, 0) is 17.6 Å². The summed E-state index contributed by atoms with van der Waals surface area (Å²) < 4.78 is 5.79. The molecule has 0 radical (unpaired) electrons. The summed E-state index contributed by atoms with van der Waals surface area (Å²) >= 11 is 0. The summed E-state index contributed by atoms with van der Waals surface area (Å²) in [6, 6.07) is 10.4. The fraction of sp³-hybridized carbons (Fsp3) is 0.375. The van der Waals surface area contributed by atoms with E-state index in [4.69, 9.17) is 10.5 Å². The van der Waals surface area contributed by atoms with Crippen molar-refractivity contribution in [2.24, 2.45) is 5.73 Å². The molecule has 0 bridgehead atoms. The average molecular weight is 256 g/mol. The largest absolute Gasteiger partial charge is 0.373 e. The van der Waals surface area contributed by atoms with Crippen LogP contribution in [-0.2, 0) is 4.74 Å². The van der Waals surface area contributed by atoms with E-state index in [2.05, 4.69) is 47.8 Å². The van der Waals surface area contributed by atoms with Gasteiger partial charge in [-0.15, -0.1) is 0 Å². The Labute approximate surface area is 114 Å². The van der Waals surface area contributed by atoms with E-state index in [1.54, 1.807) is 0 Å². The van der Waals surface area contributed by atoms with Gasteiger partial charge in [-0.1, -0.05) is 48.6 Å². The van der Waals surface area contributed by atoms with Crippen molar-refractivity contribution in [1.29, 1.82) is 0 Å². The van der Waals surface area contributed by atoms with E-state index >= 15 is 0 Å². The highest BCUT2D eigenvalue weighted by Gasteiger charge is 2.35. The molecule has 0 saturated carbocycles. The number of nitrogens with two attached hydrogens (primary N) is 1. The molecule has 100 valence electrons. The van der Waals surface area contributed by atoms with Gasteiger partial charge in [-0.2, -0.15) is 0 Å². The summed E-state index contributed by atoms with van der Waals surface area (Å²) in [4.78, 5) is 0. The molecular weight excluding hydrogens is 236 g/mol. The first-order chi connectivity index (χ1) is 9.28. The van der Waals surface area contributed by atoms with Gasteiger partial charge in [-0.3, -0.25) is 0 Å². The van der Waals surface area contributed by atoms with Gasteiger partial charge >= 0.3 is 0 Å². The zero-order valence-corrected chi connectivity index (χ0v) is 11.0. The Morgan fingerprint density at radius 1 is 1.26 bits per heavy atom. The highest BCUT2D eigenvalue weighted by molar-refractivity contribution is 5.75. The molecule has 1 aliphatic heterocycles. The van der Waals surface area contributed by atoms with Crippen molar-refractivity contribution in [2.45, 2.75) is 18.1 Å². The maximum atomic E-state index is 6.48. The van der Waals surface area contributed by atoms with Crippen LogP contribution in [0.4, 0.5) is 0 Å². The predicted octanol–water partition coefficient (Wildman–Crippen LogP) is 1.72. The zero-order chi connectivity index (χ0) is 13.1. The lowest BCUT2D eigenvalue weighted by Crippen LogP contribution is -2.57. The first kappa shape index (κ1) is 12.6. The highest BCUT2D eigenvalue weighted by atomic mass is 16.5. The van der Waals surface area contributed by atoms with Crippen molar-refractivity contribution >= 4 is 5.57 Å². The molecule has 1 aromatic carbocycles. The number of nitrogens with one attached hydrogen (secondary N) is 1. The van der Waals surface area contributed by atoms with Crippen LogP contribution in [0.25, 0.3) is 5.57 Å². The number of benzene rings is 1. The second kappa shape index (κ2) is 5.29. The van der Waals surface area contributed by atoms with Gasteiger partial charge in [0.2, 0.25) is 0 Å². The van der Waals surface area contributed by atoms with Crippen LogP contribution in [-0.4, -0.2) is 31.3 Å². The minimum Gasteiger partial charge on any atom is -0.373 e. The lowest BCUT2D eigenvalue weighted by molar-refractivity contribution is -0.00686. The van der Waals surface area contributed by atoms with Crippen LogP contribution < -0.4 is 11.1 Å². The Morgan fingerprint density at radius 2 is 2.11 bits per heavy atom. The Kier molecular flexibility index (Phi) is 3.51. The third-order valence-corrected chi connectivity index (χ3v) is 3.88. The molecule has 3 nitrogen and oxygen atoms in total. The normalized spacial score (nSPS) is 31.0. The number of ether oxygens (including phenoxy) is 1. The van der Waals surface area contributed by atoms with E-state index in [1.807, 2.05) is 6.07 Å². The molecule has 1 aromatic rings. The molecule has 1 saturated heterocycles. The molecule has 1 heterocycles. The minimum absolute atomic E-state index is 0.0612. The van der Waals surface area contributed by atoms with E-state index in [9.17, 15) is 0 Å². The van der Waals surface area contributed by atoms with E-state index in [-0.39, 0.29) is 11.6 Å². The smallest absolute Gasteiger partial charge is 0.0918 e. The maximum absolute atomic E-state index is 6.48. The van der Waals surface area contributed by atoms with Crippen molar-refractivity contribution in [3.8, 4) is 0 Å². The minimum atomic E-state index is -0.383. The van der Waals surface area contributed by atoms with Crippen LogP contribution in [0.3, 0.4) is 0 Å². The summed E-state index contributed by atoms with van der Waals surface area (Å²) in [5, 5.41) is 3.34. The van der Waals surface area contributed by atoms with Crippen LogP contribution in [0.1, 0.15) is 12.0 Å². The van der Waals surface area contributed by atoms with Crippen LogP contribution >= 0.6 is 0 Å². The van der Waals surface area contributed by atoms with Gasteiger partial charge in [-0.25, -0.2) is 0 Å². The standard InChI is InChI=1S/C16H20N2O/c17-16(15-12-18-10-11-19-15)8-6-14(7-9-16)13-4-2-1-3-5-13/h1-8,15,18H,9-12,17H2. The Bertz CT molecular complexity index is 489. The Morgan fingerprint density at radius 3 is 2.74 bits per heavy atom. The molecule has 3 rings (SSSR count). The van der Waals surface area contributed by atoms with Gasteiger partial charge in [0.1, 0.15) is 0 Å². The molecule has 3 heteroatoms. The summed E-state index contributed by atoms with van der Waals surface area (Å²) in [6.45, 7) is 2.49. The van der Waals surface area contributed by atoms with Gasteiger partial charge in [0, 0.05) is 13.1 Å². The molecule has 19 heavy (non-hydrogen) atoms. The molecule has 2 atom stereocenters. The predicted molar refractivity (Wildman–Crippen MR) is 77.7 cm³/mol. The van der Waals surface area contributed by atoms with Crippen molar-refractivity contribution in [1.82, 2.24) is 5.32 Å². The highest BCUT2D eigenvalue weighted by Crippen LogP contribution is 2.29. The molecule has 2 unspecified atom stereocenters. The Balaban J connectivity index is 1.74. The number of allylic oxidation sites excluding steroid dienone is 2. The van der Waals surface area contributed by atoms with Crippen LogP contribution in [0.15, 0.2) is 48.6 Å². The molecule has 3 N–H and O–H groups in total. The quantitative estimate of drug-likeness (QED) is 0.847. The van der Waals surface area contributed by atoms with E-state index < -0.39 is 0 Å². The third-order valence-electron chi connectivity index (χ3n) is 3.88. The van der Waals surface area contributed by atoms with Gasteiger partial charge in [0.15, 0.2) is 0 Å². The molecule has 0 aromatic heterocycles. The summed E-state index contributed by atoms with van der Waals surface area (Å²) in [5.41, 5.74) is 8.57. The Hall–Kier alpha value is -1.42. The van der Waals surface area contributed by atoms with Crippen LogP contribution in [0.2, 0.25) is 0 Å². The van der Waals surface area contributed by atoms with E-state index in [0.29, 0.717) is 0 Å². The average Bonchev–Trinajstić information content (AvgIpc) is 2.50. The third kappa shape index (κ3) is 2.63. The first-order valence-electron chi connectivity index (χ1n) is 6.84.